The van der Waals surface area contributed by atoms with Gasteiger partial charge in [-0.2, -0.15) is 0 Å². The highest BCUT2D eigenvalue weighted by atomic mass is 79.9. The molecule has 0 radical (unpaired) electrons. The van der Waals surface area contributed by atoms with Gasteiger partial charge in [0, 0.05) is 10.3 Å². The number of hydrogen-bond donors (Lipinski definition) is 1. The average Bonchev–Trinajstić information content (AvgIpc) is 2.64. The first-order valence-corrected chi connectivity index (χ1v) is 8.37. The third-order valence-electron chi connectivity index (χ3n) is 4.81. The predicted molar refractivity (Wildman–Crippen MR) is 84.3 cm³/mol. The Morgan fingerprint density at radius 3 is 2.50 bits per heavy atom. The molecular weight excluding hydrogens is 306 g/mol. The second kappa shape index (κ2) is 4.92. The summed E-state index contributed by atoms with van der Waals surface area (Å²) in [6.45, 7) is 14.0. The van der Waals surface area contributed by atoms with Crippen LogP contribution in [0.3, 0.4) is 0 Å². The molecule has 0 amide bonds. The van der Waals surface area contributed by atoms with E-state index in [9.17, 15) is 0 Å². The van der Waals surface area contributed by atoms with Gasteiger partial charge in [0.25, 0.3) is 0 Å². The van der Waals surface area contributed by atoms with E-state index in [1.807, 2.05) is 11.3 Å². The number of hydrogen-bond acceptors (Lipinski definition) is 2. The first-order valence-electron chi connectivity index (χ1n) is 6.76. The van der Waals surface area contributed by atoms with Gasteiger partial charge in [-0.1, -0.05) is 34.6 Å². The molecule has 18 heavy (non-hydrogen) atoms. The molecule has 2 unspecified atom stereocenters. The molecule has 0 spiro atoms. The SMILES string of the molecule is CC(C)CNCC1C(C)(C)C1(C)c1ccc(Br)s1. The fourth-order valence-electron chi connectivity index (χ4n) is 3.16. The van der Waals surface area contributed by atoms with Crippen molar-refractivity contribution >= 4 is 27.3 Å². The standard InChI is InChI=1S/C15H24BrNS/c1-10(2)8-17-9-11-14(3,4)15(11,5)12-6-7-13(16)18-12/h6-7,10-11,17H,8-9H2,1-5H3. The van der Waals surface area contributed by atoms with Crippen LogP contribution in [0, 0.1) is 17.3 Å². The van der Waals surface area contributed by atoms with Crippen molar-refractivity contribution < 1.29 is 0 Å². The summed E-state index contributed by atoms with van der Waals surface area (Å²) in [7, 11) is 0. The van der Waals surface area contributed by atoms with Crippen molar-refractivity contribution in [2.24, 2.45) is 17.3 Å². The van der Waals surface area contributed by atoms with Crippen molar-refractivity contribution in [3.8, 4) is 0 Å². The van der Waals surface area contributed by atoms with Gasteiger partial charge in [-0.05, 0) is 58.4 Å². The van der Waals surface area contributed by atoms with Crippen LogP contribution in [0.4, 0.5) is 0 Å². The van der Waals surface area contributed by atoms with Crippen molar-refractivity contribution in [1.29, 1.82) is 0 Å². The van der Waals surface area contributed by atoms with Crippen LogP contribution in [-0.4, -0.2) is 13.1 Å². The summed E-state index contributed by atoms with van der Waals surface area (Å²) in [4.78, 5) is 1.52. The Labute approximate surface area is 123 Å². The van der Waals surface area contributed by atoms with Gasteiger partial charge < -0.3 is 5.32 Å². The maximum atomic E-state index is 3.63. The molecule has 2 rings (SSSR count). The molecule has 1 saturated carbocycles. The van der Waals surface area contributed by atoms with Crippen molar-refractivity contribution in [1.82, 2.24) is 5.32 Å². The average molecular weight is 330 g/mol. The Hall–Kier alpha value is 0.140. The van der Waals surface area contributed by atoms with Crippen LogP contribution in [0.5, 0.6) is 0 Å². The lowest BCUT2D eigenvalue weighted by Crippen LogP contribution is -2.24. The molecule has 1 heterocycles. The van der Waals surface area contributed by atoms with Crippen LogP contribution in [0.2, 0.25) is 0 Å². The number of thiophene rings is 1. The van der Waals surface area contributed by atoms with E-state index in [4.69, 9.17) is 0 Å². The normalized spacial score (nSPS) is 29.8. The molecule has 1 aliphatic rings. The lowest BCUT2D eigenvalue weighted by Gasteiger charge is -2.12. The van der Waals surface area contributed by atoms with E-state index in [-0.39, 0.29) is 0 Å². The third-order valence-corrected chi connectivity index (χ3v) is 6.67. The van der Waals surface area contributed by atoms with E-state index in [1.165, 1.54) is 8.66 Å². The molecule has 102 valence electrons. The molecule has 1 aromatic rings. The molecule has 0 saturated heterocycles. The van der Waals surface area contributed by atoms with Crippen molar-refractivity contribution in [3.63, 3.8) is 0 Å². The van der Waals surface area contributed by atoms with Gasteiger partial charge in [-0.3, -0.25) is 0 Å². The van der Waals surface area contributed by atoms with E-state index in [1.54, 1.807) is 0 Å². The maximum absolute atomic E-state index is 3.63. The summed E-state index contributed by atoms with van der Waals surface area (Å²) in [6.07, 6.45) is 0. The Morgan fingerprint density at radius 1 is 1.33 bits per heavy atom. The van der Waals surface area contributed by atoms with Gasteiger partial charge in [0.2, 0.25) is 0 Å². The lowest BCUT2D eigenvalue weighted by molar-refractivity contribution is 0.486. The van der Waals surface area contributed by atoms with Gasteiger partial charge in [0.15, 0.2) is 0 Å². The highest BCUT2D eigenvalue weighted by Crippen LogP contribution is 2.69. The molecule has 1 fully saturated rings. The summed E-state index contributed by atoms with van der Waals surface area (Å²) in [5.74, 6) is 1.48. The second-order valence-electron chi connectivity index (χ2n) is 6.63. The Morgan fingerprint density at radius 2 is 2.00 bits per heavy atom. The van der Waals surface area contributed by atoms with Crippen LogP contribution in [-0.2, 0) is 5.41 Å². The van der Waals surface area contributed by atoms with E-state index in [0.717, 1.165) is 24.9 Å². The topological polar surface area (TPSA) is 12.0 Å². The second-order valence-corrected chi connectivity index (χ2v) is 9.10. The fraction of sp³-hybridized carbons (Fsp3) is 0.733. The van der Waals surface area contributed by atoms with Crippen molar-refractivity contribution in [2.75, 3.05) is 13.1 Å². The summed E-state index contributed by atoms with van der Waals surface area (Å²) < 4.78 is 1.25. The molecular formula is C15H24BrNS. The van der Waals surface area contributed by atoms with E-state index in [0.29, 0.717) is 10.8 Å². The van der Waals surface area contributed by atoms with Gasteiger partial charge >= 0.3 is 0 Å². The molecule has 1 aliphatic carbocycles. The predicted octanol–water partition coefficient (Wildman–Crippen LogP) is 4.67. The van der Waals surface area contributed by atoms with Crippen LogP contribution in [0.25, 0.3) is 0 Å². The summed E-state index contributed by atoms with van der Waals surface area (Å²) in [5.41, 5.74) is 0.745. The smallest absolute Gasteiger partial charge is 0.0701 e. The zero-order valence-electron chi connectivity index (χ0n) is 12.0. The number of halogens is 1. The fourth-order valence-corrected chi connectivity index (χ4v) is 4.91. The quantitative estimate of drug-likeness (QED) is 0.827. The van der Waals surface area contributed by atoms with Gasteiger partial charge in [-0.15, -0.1) is 11.3 Å². The molecule has 3 heteroatoms. The number of rotatable bonds is 5. The molecule has 0 aliphatic heterocycles. The minimum absolute atomic E-state index is 0.341. The highest BCUT2D eigenvalue weighted by Gasteiger charge is 2.68. The van der Waals surface area contributed by atoms with Gasteiger partial charge in [-0.25, -0.2) is 0 Å². The van der Waals surface area contributed by atoms with Gasteiger partial charge in [0.1, 0.15) is 0 Å². The highest BCUT2D eigenvalue weighted by molar-refractivity contribution is 9.11. The Kier molecular flexibility index (Phi) is 3.97. The van der Waals surface area contributed by atoms with E-state index >= 15 is 0 Å². The summed E-state index contributed by atoms with van der Waals surface area (Å²) in [5, 5.41) is 3.63. The summed E-state index contributed by atoms with van der Waals surface area (Å²) in [6, 6.07) is 4.47. The largest absolute Gasteiger partial charge is 0.316 e. The van der Waals surface area contributed by atoms with Crippen LogP contribution in [0.15, 0.2) is 15.9 Å². The first-order chi connectivity index (χ1) is 8.30. The monoisotopic (exact) mass is 329 g/mol. The van der Waals surface area contributed by atoms with E-state index < -0.39 is 0 Å². The van der Waals surface area contributed by atoms with E-state index in [2.05, 4.69) is 68.0 Å². The van der Waals surface area contributed by atoms with Crippen LogP contribution in [0.1, 0.15) is 39.5 Å². The molecule has 2 atom stereocenters. The minimum atomic E-state index is 0.341. The Bertz CT molecular complexity index is 424. The zero-order chi connectivity index (χ0) is 13.6. The molecule has 1 nitrogen and oxygen atoms in total. The first kappa shape index (κ1) is 14.5. The molecule has 1 aromatic heterocycles. The molecule has 1 N–H and O–H groups in total. The molecule has 0 aromatic carbocycles. The Balaban J connectivity index is 2.05. The molecule has 0 bridgehead atoms. The third kappa shape index (κ3) is 2.30. The van der Waals surface area contributed by atoms with Crippen molar-refractivity contribution in [3.05, 3.63) is 20.8 Å². The minimum Gasteiger partial charge on any atom is -0.316 e. The zero-order valence-corrected chi connectivity index (χ0v) is 14.4. The maximum Gasteiger partial charge on any atom is 0.0701 e. The summed E-state index contributed by atoms with van der Waals surface area (Å²) >= 11 is 5.48. The van der Waals surface area contributed by atoms with Crippen LogP contribution >= 0.6 is 27.3 Å². The lowest BCUT2D eigenvalue weighted by atomic mass is 9.96. The van der Waals surface area contributed by atoms with Gasteiger partial charge in [0.05, 0.1) is 3.79 Å². The number of nitrogens with one attached hydrogen (secondary N) is 1. The van der Waals surface area contributed by atoms with Crippen LogP contribution < -0.4 is 5.32 Å². The van der Waals surface area contributed by atoms with Crippen molar-refractivity contribution in [2.45, 2.75) is 40.0 Å².